The van der Waals surface area contributed by atoms with E-state index in [1.165, 1.54) is 12.8 Å². The van der Waals surface area contributed by atoms with E-state index in [4.69, 9.17) is 9.26 Å². The van der Waals surface area contributed by atoms with E-state index in [1.54, 1.807) is 7.11 Å². The minimum atomic E-state index is 0.156. The molecule has 0 radical (unpaired) electrons. The normalized spacial score (nSPS) is 20.2. The van der Waals surface area contributed by atoms with Gasteiger partial charge in [-0.15, -0.1) is 0 Å². The fourth-order valence-electron chi connectivity index (χ4n) is 3.69. The van der Waals surface area contributed by atoms with Crippen molar-refractivity contribution >= 4 is 5.91 Å². The molecule has 0 spiro atoms. The lowest BCUT2D eigenvalue weighted by Gasteiger charge is -2.32. The van der Waals surface area contributed by atoms with Gasteiger partial charge in [0, 0.05) is 31.0 Å². The first-order chi connectivity index (χ1) is 12.7. The van der Waals surface area contributed by atoms with E-state index in [0.717, 1.165) is 55.4 Å². The molecule has 1 saturated heterocycles. The van der Waals surface area contributed by atoms with E-state index in [9.17, 15) is 4.79 Å². The Morgan fingerprint density at radius 3 is 2.96 bits per heavy atom. The molecule has 2 aliphatic rings. The second-order valence-electron chi connectivity index (χ2n) is 7.36. The molecule has 0 bridgehead atoms. The molecule has 1 aromatic heterocycles. The average molecular weight is 355 g/mol. The monoisotopic (exact) mass is 355 g/mol. The van der Waals surface area contributed by atoms with Crippen LogP contribution in [0.2, 0.25) is 0 Å². The molecule has 1 atom stereocenters. The Kier molecular flexibility index (Phi) is 4.91. The van der Waals surface area contributed by atoms with Crippen molar-refractivity contribution in [2.24, 2.45) is 5.92 Å². The van der Waals surface area contributed by atoms with E-state index < -0.39 is 0 Å². The molecule has 26 heavy (non-hydrogen) atoms. The number of likely N-dealkylation sites (tertiary alicyclic amines) is 1. The number of para-hydroxylation sites is 1. The number of nitrogens with zero attached hydrogens (tertiary/aromatic N) is 3. The fraction of sp³-hybridized carbons (Fsp3) is 0.550. The molecule has 138 valence electrons. The van der Waals surface area contributed by atoms with Gasteiger partial charge in [0.2, 0.25) is 11.8 Å². The van der Waals surface area contributed by atoms with E-state index >= 15 is 0 Å². The van der Waals surface area contributed by atoms with Gasteiger partial charge in [0.1, 0.15) is 5.75 Å². The van der Waals surface area contributed by atoms with Crippen LogP contribution in [0.15, 0.2) is 28.8 Å². The summed E-state index contributed by atoms with van der Waals surface area (Å²) in [5.74, 6) is 3.41. The number of rotatable bonds is 6. The Bertz CT molecular complexity index is 769. The van der Waals surface area contributed by atoms with Gasteiger partial charge < -0.3 is 14.2 Å². The molecule has 1 aliphatic heterocycles. The molecule has 0 unspecified atom stereocenters. The van der Waals surface area contributed by atoms with Crippen molar-refractivity contribution in [2.45, 2.75) is 44.4 Å². The molecule has 2 heterocycles. The topological polar surface area (TPSA) is 68.5 Å². The molecule has 1 aliphatic carbocycles. The van der Waals surface area contributed by atoms with E-state index in [-0.39, 0.29) is 5.91 Å². The van der Waals surface area contributed by atoms with Crippen LogP contribution in [-0.2, 0) is 17.6 Å². The number of piperidine rings is 1. The van der Waals surface area contributed by atoms with Gasteiger partial charge >= 0.3 is 0 Å². The van der Waals surface area contributed by atoms with Gasteiger partial charge in [-0.1, -0.05) is 23.4 Å². The van der Waals surface area contributed by atoms with E-state index in [2.05, 4.69) is 10.1 Å². The third-order valence-electron chi connectivity index (χ3n) is 5.30. The van der Waals surface area contributed by atoms with Crippen LogP contribution < -0.4 is 4.74 Å². The molecule has 0 N–H and O–H groups in total. The van der Waals surface area contributed by atoms with E-state index in [1.807, 2.05) is 29.2 Å². The highest BCUT2D eigenvalue weighted by molar-refractivity contribution is 5.79. The van der Waals surface area contributed by atoms with Crippen molar-refractivity contribution in [1.29, 1.82) is 0 Å². The average Bonchev–Trinajstić information content (AvgIpc) is 3.42. The molecule has 1 aromatic carbocycles. The van der Waals surface area contributed by atoms with Gasteiger partial charge in [-0.3, -0.25) is 4.79 Å². The van der Waals surface area contributed by atoms with Crippen LogP contribution in [0.25, 0.3) is 0 Å². The maximum atomic E-state index is 12.8. The lowest BCUT2D eigenvalue weighted by atomic mass is 9.94. The van der Waals surface area contributed by atoms with Crippen molar-refractivity contribution in [3.05, 3.63) is 41.5 Å². The highest BCUT2D eigenvalue weighted by Gasteiger charge is 2.30. The van der Waals surface area contributed by atoms with Crippen LogP contribution in [0.1, 0.15) is 48.9 Å². The maximum Gasteiger partial charge on any atom is 0.227 e. The lowest BCUT2D eigenvalue weighted by molar-refractivity contribution is -0.132. The second-order valence-corrected chi connectivity index (χ2v) is 7.36. The molecule has 6 nitrogen and oxygen atoms in total. The summed E-state index contributed by atoms with van der Waals surface area (Å²) in [4.78, 5) is 19.3. The summed E-state index contributed by atoms with van der Waals surface area (Å²) in [6.07, 6.45) is 5.61. The van der Waals surface area contributed by atoms with E-state index in [0.29, 0.717) is 18.3 Å². The molecular formula is C20H25N3O3. The summed E-state index contributed by atoms with van der Waals surface area (Å²) in [6.45, 7) is 1.58. The zero-order chi connectivity index (χ0) is 17.9. The van der Waals surface area contributed by atoms with Crippen molar-refractivity contribution in [1.82, 2.24) is 15.0 Å². The number of benzene rings is 1. The predicted octanol–water partition coefficient (Wildman–Crippen LogP) is 2.98. The summed E-state index contributed by atoms with van der Waals surface area (Å²) < 4.78 is 10.8. The Morgan fingerprint density at radius 1 is 1.31 bits per heavy atom. The largest absolute Gasteiger partial charge is 0.496 e. The molecule has 4 rings (SSSR count). The van der Waals surface area contributed by atoms with Crippen LogP contribution in [0.3, 0.4) is 0 Å². The molecule has 2 aromatic rings. The summed E-state index contributed by atoms with van der Waals surface area (Å²) in [5, 5.41) is 4.09. The van der Waals surface area contributed by atoms with Crippen LogP contribution in [-0.4, -0.2) is 41.1 Å². The van der Waals surface area contributed by atoms with Gasteiger partial charge in [0.05, 0.1) is 13.5 Å². The number of carbonyl (C=O) groups is 1. The lowest BCUT2D eigenvalue weighted by Crippen LogP contribution is -2.41. The number of carbonyl (C=O) groups excluding carboxylic acids is 1. The van der Waals surface area contributed by atoms with Crippen molar-refractivity contribution < 1.29 is 14.1 Å². The summed E-state index contributed by atoms with van der Waals surface area (Å²) in [7, 11) is 1.64. The van der Waals surface area contributed by atoms with Gasteiger partial charge in [0.15, 0.2) is 5.82 Å². The van der Waals surface area contributed by atoms with Crippen LogP contribution >= 0.6 is 0 Å². The third kappa shape index (κ3) is 3.89. The van der Waals surface area contributed by atoms with Gasteiger partial charge in [-0.2, -0.15) is 4.98 Å². The molecule has 2 fully saturated rings. The first-order valence-electron chi connectivity index (χ1n) is 9.45. The zero-order valence-corrected chi connectivity index (χ0v) is 15.2. The van der Waals surface area contributed by atoms with Crippen LogP contribution in [0.4, 0.5) is 0 Å². The van der Waals surface area contributed by atoms with Crippen molar-refractivity contribution in [3.63, 3.8) is 0 Å². The SMILES string of the molecule is COc1ccccc1CC(=O)N1CCC[C@@H](Cc2nc(C3CC3)no2)C1. The number of amides is 1. The van der Waals surface area contributed by atoms with Gasteiger partial charge in [-0.25, -0.2) is 0 Å². The maximum absolute atomic E-state index is 12.8. The van der Waals surface area contributed by atoms with Gasteiger partial charge in [-0.05, 0) is 37.7 Å². The first kappa shape index (κ1) is 17.1. The molecule has 1 amide bonds. The number of hydrogen-bond acceptors (Lipinski definition) is 5. The molecule has 1 saturated carbocycles. The second kappa shape index (κ2) is 7.48. The Balaban J connectivity index is 1.35. The van der Waals surface area contributed by atoms with Crippen LogP contribution in [0.5, 0.6) is 5.75 Å². The quantitative estimate of drug-likeness (QED) is 0.797. The van der Waals surface area contributed by atoms with Gasteiger partial charge in [0.25, 0.3) is 0 Å². The minimum absolute atomic E-state index is 0.156. The molecular weight excluding hydrogens is 330 g/mol. The standard InChI is InChI=1S/C20H25N3O3/c1-25-17-7-3-2-6-16(17)12-19(24)23-10-4-5-14(13-23)11-18-21-20(22-26-18)15-8-9-15/h2-3,6-7,14-15H,4-5,8-13H2,1H3/t14-/m0/s1. The highest BCUT2D eigenvalue weighted by atomic mass is 16.5. The summed E-state index contributed by atoms with van der Waals surface area (Å²) in [6, 6.07) is 7.71. The minimum Gasteiger partial charge on any atom is -0.496 e. The number of aromatic nitrogens is 2. The predicted molar refractivity (Wildman–Crippen MR) is 96.0 cm³/mol. The van der Waals surface area contributed by atoms with Crippen molar-refractivity contribution in [2.75, 3.05) is 20.2 Å². The third-order valence-corrected chi connectivity index (χ3v) is 5.30. The Labute approximate surface area is 153 Å². The Hall–Kier alpha value is -2.37. The number of methoxy groups -OCH3 is 1. The first-order valence-corrected chi connectivity index (χ1v) is 9.45. The fourth-order valence-corrected chi connectivity index (χ4v) is 3.69. The number of hydrogen-bond donors (Lipinski definition) is 0. The van der Waals surface area contributed by atoms with Crippen molar-refractivity contribution in [3.8, 4) is 5.75 Å². The molecule has 6 heteroatoms. The number of ether oxygens (including phenoxy) is 1. The zero-order valence-electron chi connectivity index (χ0n) is 15.2. The Morgan fingerprint density at radius 2 is 2.15 bits per heavy atom. The highest BCUT2D eigenvalue weighted by Crippen LogP contribution is 2.38. The summed E-state index contributed by atoms with van der Waals surface area (Å²) in [5.41, 5.74) is 0.938. The van der Waals surface area contributed by atoms with Crippen LogP contribution in [0, 0.1) is 5.92 Å². The smallest absolute Gasteiger partial charge is 0.227 e. The summed E-state index contributed by atoms with van der Waals surface area (Å²) >= 11 is 0.